The lowest BCUT2D eigenvalue weighted by atomic mass is 9.66. The maximum atomic E-state index is 12.2. The molecular weight excluding hydrogens is 333 g/mol. The Hall–Kier alpha value is -2.04. The van der Waals surface area contributed by atoms with Crippen molar-refractivity contribution in [3.05, 3.63) is 29.3 Å². The normalized spacial score (nSPS) is 18.9. The highest BCUT2D eigenvalue weighted by Crippen LogP contribution is 2.43. The predicted molar refractivity (Wildman–Crippen MR) is 97.8 cm³/mol. The standard InChI is InChI=1S/C19H26BNO5/c1-7-24-17(22)11-15(20-25-18(2,3)19(4,5)26-20)14-9-8-13(12-21)10-16(14)23-6/h8-10,15H,7,11H2,1-6H3. The molecule has 1 saturated heterocycles. The number of nitrogens with zero attached hydrogens (tertiary/aromatic N) is 1. The van der Waals surface area contributed by atoms with Gasteiger partial charge in [-0.15, -0.1) is 0 Å². The van der Waals surface area contributed by atoms with E-state index in [1.54, 1.807) is 25.1 Å². The van der Waals surface area contributed by atoms with Gasteiger partial charge in [0, 0.05) is 5.82 Å². The van der Waals surface area contributed by atoms with Gasteiger partial charge in [0.2, 0.25) is 0 Å². The van der Waals surface area contributed by atoms with Gasteiger partial charge in [0.25, 0.3) is 0 Å². The van der Waals surface area contributed by atoms with Gasteiger partial charge in [-0.25, -0.2) is 0 Å². The molecule has 1 aromatic rings. The molecule has 0 aromatic heterocycles. The number of nitriles is 1. The molecule has 0 bridgehead atoms. The van der Waals surface area contributed by atoms with Crippen LogP contribution in [0, 0.1) is 11.3 Å². The van der Waals surface area contributed by atoms with E-state index in [0.717, 1.165) is 5.56 Å². The maximum Gasteiger partial charge on any atom is 0.466 e. The van der Waals surface area contributed by atoms with E-state index in [4.69, 9.17) is 24.0 Å². The van der Waals surface area contributed by atoms with E-state index in [1.807, 2.05) is 27.7 Å². The molecule has 1 unspecified atom stereocenters. The zero-order chi connectivity index (χ0) is 19.5. The summed E-state index contributed by atoms with van der Waals surface area (Å²) in [6.07, 6.45) is 0.0902. The molecular formula is C19H26BNO5. The van der Waals surface area contributed by atoms with Crippen molar-refractivity contribution < 1.29 is 23.6 Å². The minimum absolute atomic E-state index is 0.0902. The van der Waals surface area contributed by atoms with Gasteiger partial charge >= 0.3 is 13.1 Å². The molecule has 0 amide bonds. The smallest absolute Gasteiger partial charge is 0.466 e. The van der Waals surface area contributed by atoms with Crippen LogP contribution in [0.1, 0.15) is 58.0 Å². The average Bonchev–Trinajstić information content (AvgIpc) is 2.80. The lowest BCUT2D eigenvalue weighted by molar-refractivity contribution is -0.143. The quantitative estimate of drug-likeness (QED) is 0.573. The van der Waals surface area contributed by atoms with Crippen molar-refractivity contribution in [3.8, 4) is 11.8 Å². The van der Waals surface area contributed by atoms with E-state index in [1.165, 1.54) is 7.11 Å². The summed E-state index contributed by atoms with van der Waals surface area (Å²) in [6, 6.07) is 7.22. The second kappa shape index (κ2) is 7.69. The number of carbonyl (C=O) groups is 1. The molecule has 0 radical (unpaired) electrons. The van der Waals surface area contributed by atoms with Gasteiger partial charge in [-0.1, -0.05) is 6.07 Å². The third-order valence-corrected chi connectivity index (χ3v) is 5.05. The fourth-order valence-corrected chi connectivity index (χ4v) is 2.89. The zero-order valence-electron chi connectivity index (χ0n) is 16.3. The summed E-state index contributed by atoms with van der Waals surface area (Å²) < 4.78 is 22.9. The van der Waals surface area contributed by atoms with Crippen LogP contribution in [0.3, 0.4) is 0 Å². The Kier molecular flexibility index (Phi) is 6.00. The van der Waals surface area contributed by atoms with E-state index in [0.29, 0.717) is 17.9 Å². The maximum absolute atomic E-state index is 12.2. The first-order valence-electron chi connectivity index (χ1n) is 8.74. The summed E-state index contributed by atoms with van der Waals surface area (Å²) in [5.74, 6) is -0.232. The van der Waals surface area contributed by atoms with Crippen LogP contribution in [-0.2, 0) is 18.8 Å². The van der Waals surface area contributed by atoms with Crippen LogP contribution in [0.4, 0.5) is 0 Å². The Balaban J connectivity index is 2.43. The van der Waals surface area contributed by atoms with Crippen molar-refractivity contribution in [1.29, 1.82) is 5.26 Å². The number of hydrogen-bond donors (Lipinski definition) is 0. The number of rotatable bonds is 6. The van der Waals surface area contributed by atoms with Gasteiger partial charge in [0.15, 0.2) is 0 Å². The zero-order valence-corrected chi connectivity index (χ0v) is 16.3. The summed E-state index contributed by atoms with van der Waals surface area (Å²) in [5.41, 5.74) is 0.182. The highest BCUT2D eigenvalue weighted by atomic mass is 16.7. The first-order chi connectivity index (χ1) is 12.1. The van der Waals surface area contributed by atoms with Crippen molar-refractivity contribution in [2.75, 3.05) is 13.7 Å². The van der Waals surface area contributed by atoms with Gasteiger partial charge in [-0.3, -0.25) is 4.79 Å². The minimum atomic E-state index is -0.633. The minimum Gasteiger partial charge on any atom is -0.496 e. The predicted octanol–water partition coefficient (Wildman–Crippen LogP) is 3.24. The number of benzene rings is 1. The van der Waals surface area contributed by atoms with E-state index >= 15 is 0 Å². The molecule has 0 spiro atoms. The monoisotopic (exact) mass is 359 g/mol. The number of carbonyl (C=O) groups excluding carboxylic acids is 1. The van der Waals surface area contributed by atoms with Crippen LogP contribution in [0.25, 0.3) is 0 Å². The van der Waals surface area contributed by atoms with Gasteiger partial charge in [-0.2, -0.15) is 5.26 Å². The molecule has 1 fully saturated rings. The third kappa shape index (κ3) is 4.03. The second-order valence-corrected chi connectivity index (χ2v) is 7.31. The number of methoxy groups -OCH3 is 1. The first kappa shape index (κ1) is 20.3. The molecule has 26 heavy (non-hydrogen) atoms. The summed E-state index contributed by atoms with van der Waals surface area (Å²) in [5, 5.41) is 9.12. The lowest BCUT2D eigenvalue weighted by Crippen LogP contribution is -2.41. The van der Waals surface area contributed by atoms with Crippen molar-refractivity contribution in [1.82, 2.24) is 0 Å². The fourth-order valence-electron chi connectivity index (χ4n) is 2.89. The van der Waals surface area contributed by atoms with Crippen molar-refractivity contribution >= 4 is 13.1 Å². The fraction of sp³-hybridized carbons (Fsp3) is 0.579. The molecule has 6 nitrogen and oxygen atoms in total. The Morgan fingerprint density at radius 2 is 1.88 bits per heavy atom. The lowest BCUT2D eigenvalue weighted by Gasteiger charge is -2.32. The van der Waals surface area contributed by atoms with Crippen LogP contribution in [0.2, 0.25) is 0 Å². The van der Waals surface area contributed by atoms with E-state index in [-0.39, 0.29) is 12.4 Å². The molecule has 1 atom stereocenters. The van der Waals surface area contributed by atoms with Gasteiger partial charge in [0.1, 0.15) is 5.75 Å². The highest BCUT2D eigenvalue weighted by Gasteiger charge is 2.54. The number of esters is 1. The van der Waals surface area contributed by atoms with Crippen LogP contribution in [-0.4, -0.2) is 38.0 Å². The number of ether oxygens (including phenoxy) is 2. The molecule has 7 heteroatoms. The van der Waals surface area contributed by atoms with Gasteiger partial charge in [0.05, 0.1) is 43.0 Å². The van der Waals surface area contributed by atoms with Crippen LogP contribution >= 0.6 is 0 Å². The van der Waals surface area contributed by atoms with Crippen molar-refractivity contribution in [2.45, 2.75) is 58.1 Å². The summed E-state index contributed by atoms with van der Waals surface area (Å²) in [6.45, 7) is 9.92. The summed E-state index contributed by atoms with van der Waals surface area (Å²) in [4.78, 5) is 12.2. The van der Waals surface area contributed by atoms with Gasteiger partial charge < -0.3 is 18.8 Å². The topological polar surface area (TPSA) is 77.8 Å². The van der Waals surface area contributed by atoms with Crippen LogP contribution in [0.15, 0.2) is 18.2 Å². The molecule has 1 aliphatic heterocycles. The molecule has 0 saturated carbocycles. The molecule has 1 aromatic carbocycles. The van der Waals surface area contributed by atoms with E-state index in [2.05, 4.69) is 6.07 Å². The SMILES string of the molecule is CCOC(=O)CC(B1OC(C)(C)C(C)(C)O1)c1ccc(C#N)cc1OC. The summed E-state index contributed by atoms with van der Waals surface area (Å²) >= 11 is 0. The molecule has 140 valence electrons. The van der Waals surface area contributed by atoms with Crippen LogP contribution in [0.5, 0.6) is 5.75 Å². The Morgan fingerprint density at radius 1 is 1.27 bits per heavy atom. The molecule has 1 heterocycles. The first-order valence-corrected chi connectivity index (χ1v) is 8.74. The van der Waals surface area contributed by atoms with E-state index in [9.17, 15) is 4.79 Å². The Bertz CT molecular complexity index is 694. The summed E-state index contributed by atoms with van der Waals surface area (Å²) in [7, 11) is 0.900. The Morgan fingerprint density at radius 3 is 2.38 bits per heavy atom. The molecule has 0 N–H and O–H groups in total. The van der Waals surface area contributed by atoms with Crippen molar-refractivity contribution in [3.63, 3.8) is 0 Å². The largest absolute Gasteiger partial charge is 0.496 e. The second-order valence-electron chi connectivity index (χ2n) is 7.31. The molecule has 1 aliphatic rings. The van der Waals surface area contributed by atoms with Crippen LogP contribution < -0.4 is 4.74 Å². The van der Waals surface area contributed by atoms with E-state index < -0.39 is 24.1 Å². The Labute approximate surface area is 155 Å². The highest BCUT2D eigenvalue weighted by molar-refractivity contribution is 6.48. The third-order valence-electron chi connectivity index (χ3n) is 5.05. The molecule has 2 rings (SSSR count). The molecule has 0 aliphatic carbocycles. The van der Waals surface area contributed by atoms with Crippen molar-refractivity contribution in [2.24, 2.45) is 0 Å². The average molecular weight is 359 g/mol. The number of hydrogen-bond acceptors (Lipinski definition) is 6. The van der Waals surface area contributed by atoms with Gasteiger partial charge in [-0.05, 0) is 52.3 Å².